The van der Waals surface area contributed by atoms with Crippen molar-refractivity contribution in [2.75, 3.05) is 13.2 Å². The molecule has 0 amide bonds. The van der Waals surface area contributed by atoms with Gasteiger partial charge in [0, 0.05) is 24.9 Å². The third-order valence-corrected chi connectivity index (χ3v) is 6.19. The van der Waals surface area contributed by atoms with Gasteiger partial charge in [-0.3, -0.25) is 4.79 Å². The van der Waals surface area contributed by atoms with Crippen LogP contribution >= 0.6 is 11.6 Å². The number of carbonyl (C=O) groups is 1. The Morgan fingerprint density at radius 2 is 1.94 bits per heavy atom. The summed E-state index contributed by atoms with van der Waals surface area (Å²) in [6.45, 7) is 5.28. The number of aromatic nitrogens is 2. The number of carboxylic acid groups (broad SMARTS) is 1. The minimum absolute atomic E-state index is 0.0327. The fourth-order valence-electron chi connectivity index (χ4n) is 4.02. The number of halogens is 2. The van der Waals surface area contributed by atoms with Crippen molar-refractivity contribution in [2.24, 2.45) is 5.41 Å². The summed E-state index contributed by atoms with van der Waals surface area (Å²) >= 11 is 5.93. The number of fused-ring (bicyclic) bond motifs is 1. The standard InChI is InChI=1S/C25H28ClFN2O5/c1-25(2,3)20(13-31)29-12-17(24(33)34)22(32)16-11-15(19(8-5-9-30)28-23(16)29)10-14-6-4-7-18(26)21(14)27/h4,6-7,11-12,20,30-31H,5,8-10,13H2,1-3H3,(H,33,34)/t20-/m1/s1. The lowest BCUT2D eigenvalue weighted by Crippen LogP contribution is -2.31. The normalized spacial score (nSPS) is 12.8. The molecule has 1 atom stereocenters. The quantitative estimate of drug-likeness (QED) is 0.440. The highest BCUT2D eigenvalue weighted by atomic mass is 35.5. The summed E-state index contributed by atoms with van der Waals surface area (Å²) in [7, 11) is 0. The van der Waals surface area contributed by atoms with E-state index in [0.717, 1.165) is 0 Å². The maximum atomic E-state index is 14.6. The van der Waals surface area contributed by atoms with Crippen molar-refractivity contribution in [1.29, 1.82) is 0 Å². The molecule has 2 heterocycles. The zero-order chi connectivity index (χ0) is 25.2. The number of benzene rings is 1. The van der Waals surface area contributed by atoms with Gasteiger partial charge >= 0.3 is 5.97 Å². The van der Waals surface area contributed by atoms with Crippen LogP contribution in [0.1, 0.15) is 60.4 Å². The molecule has 7 nitrogen and oxygen atoms in total. The van der Waals surface area contributed by atoms with Crippen molar-refractivity contribution in [1.82, 2.24) is 9.55 Å². The molecule has 0 radical (unpaired) electrons. The molecule has 0 fully saturated rings. The van der Waals surface area contributed by atoms with Crippen molar-refractivity contribution in [3.05, 3.63) is 73.9 Å². The van der Waals surface area contributed by atoms with E-state index in [1.165, 1.54) is 22.9 Å². The summed E-state index contributed by atoms with van der Waals surface area (Å²) in [4.78, 5) is 29.7. The maximum Gasteiger partial charge on any atom is 0.341 e. The van der Waals surface area contributed by atoms with Gasteiger partial charge in [0.05, 0.1) is 23.1 Å². The Labute approximate surface area is 201 Å². The smallest absolute Gasteiger partial charge is 0.341 e. The number of aliphatic hydroxyl groups excluding tert-OH is 2. The first-order valence-corrected chi connectivity index (χ1v) is 11.3. The first kappa shape index (κ1) is 25.8. The molecule has 1 aromatic carbocycles. The third kappa shape index (κ3) is 5.14. The summed E-state index contributed by atoms with van der Waals surface area (Å²) in [5.41, 5.74) is -0.0308. The van der Waals surface area contributed by atoms with E-state index < -0.39 is 34.2 Å². The third-order valence-electron chi connectivity index (χ3n) is 5.90. The summed E-state index contributed by atoms with van der Waals surface area (Å²) in [5.74, 6) is -1.97. The molecular weight excluding hydrogens is 463 g/mol. The Bertz CT molecular complexity index is 1280. The molecule has 3 rings (SSSR count). The molecule has 0 bridgehead atoms. The zero-order valence-corrected chi connectivity index (χ0v) is 20.1. The van der Waals surface area contributed by atoms with Gasteiger partial charge in [0.15, 0.2) is 0 Å². The average molecular weight is 491 g/mol. The Morgan fingerprint density at radius 1 is 1.24 bits per heavy atom. The lowest BCUT2D eigenvalue weighted by atomic mass is 9.86. The second kappa shape index (κ2) is 10.2. The largest absolute Gasteiger partial charge is 0.477 e. The van der Waals surface area contributed by atoms with Gasteiger partial charge in [-0.25, -0.2) is 14.2 Å². The minimum Gasteiger partial charge on any atom is -0.477 e. The fraction of sp³-hybridized carbons (Fsp3) is 0.400. The number of aromatic carboxylic acids is 1. The number of nitrogens with zero attached hydrogens (tertiary/aromatic N) is 2. The molecule has 0 aliphatic heterocycles. The first-order chi connectivity index (χ1) is 16.0. The van der Waals surface area contributed by atoms with E-state index in [2.05, 4.69) is 0 Å². The van der Waals surface area contributed by atoms with E-state index in [1.54, 1.807) is 12.1 Å². The van der Waals surface area contributed by atoms with Crippen LogP contribution in [0.15, 0.2) is 35.3 Å². The van der Waals surface area contributed by atoms with Crippen molar-refractivity contribution < 1.29 is 24.5 Å². The van der Waals surface area contributed by atoms with E-state index in [-0.39, 0.29) is 35.7 Å². The van der Waals surface area contributed by atoms with Crippen LogP contribution in [0.25, 0.3) is 11.0 Å². The van der Waals surface area contributed by atoms with Crippen LogP contribution < -0.4 is 5.43 Å². The van der Waals surface area contributed by atoms with E-state index in [0.29, 0.717) is 29.7 Å². The first-order valence-electron chi connectivity index (χ1n) is 10.9. The molecule has 34 heavy (non-hydrogen) atoms. The van der Waals surface area contributed by atoms with Gasteiger partial charge in [0.25, 0.3) is 0 Å². The SMILES string of the molecule is CC(C)(C)[C@@H](CO)n1cc(C(=O)O)c(=O)c2cc(Cc3cccc(Cl)c3F)c(CCCO)nc21. The van der Waals surface area contributed by atoms with Crippen LogP contribution in [0.3, 0.4) is 0 Å². The van der Waals surface area contributed by atoms with Gasteiger partial charge in [0.1, 0.15) is 17.0 Å². The molecular formula is C25H28ClFN2O5. The molecule has 0 aliphatic carbocycles. The van der Waals surface area contributed by atoms with E-state index >= 15 is 0 Å². The molecule has 3 aromatic rings. The molecule has 182 valence electrons. The highest BCUT2D eigenvalue weighted by Gasteiger charge is 2.29. The van der Waals surface area contributed by atoms with Crippen molar-refractivity contribution in [3.8, 4) is 0 Å². The number of pyridine rings is 2. The summed E-state index contributed by atoms with van der Waals surface area (Å²) in [6.07, 6.45) is 2.05. The fourth-order valence-corrected chi connectivity index (χ4v) is 4.22. The predicted molar refractivity (Wildman–Crippen MR) is 128 cm³/mol. The number of carboxylic acids is 1. The Morgan fingerprint density at radius 3 is 2.53 bits per heavy atom. The molecule has 0 saturated heterocycles. The van der Waals surface area contributed by atoms with E-state index in [4.69, 9.17) is 16.6 Å². The number of hydrogen-bond donors (Lipinski definition) is 3. The monoisotopic (exact) mass is 490 g/mol. The maximum absolute atomic E-state index is 14.6. The van der Waals surface area contributed by atoms with Gasteiger partial charge in [-0.2, -0.15) is 0 Å². The second-order valence-electron chi connectivity index (χ2n) is 9.33. The Hall–Kier alpha value is -2.81. The second-order valence-corrected chi connectivity index (χ2v) is 9.74. The van der Waals surface area contributed by atoms with Gasteiger partial charge in [-0.05, 0) is 41.5 Å². The Kier molecular flexibility index (Phi) is 7.75. The molecule has 3 N–H and O–H groups in total. The lowest BCUT2D eigenvalue weighted by molar-refractivity contribution is 0.0692. The minimum atomic E-state index is -1.39. The highest BCUT2D eigenvalue weighted by molar-refractivity contribution is 6.30. The van der Waals surface area contributed by atoms with Gasteiger partial charge in [-0.15, -0.1) is 0 Å². The summed E-state index contributed by atoms with van der Waals surface area (Å²) < 4.78 is 16.2. The lowest BCUT2D eigenvalue weighted by Gasteiger charge is -2.32. The van der Waals surface area contributed by atoms with Gasteiger partial charge in [-0.1, -0.05) is 44.5 Å². The summed E-state index contributed by atoms with van der Waals surface area (Å²) in [6, 6.07) is 5.60. The zero-order valence-electron chi connectivity index (χ0n) is 19.3. The number of aryl methyl sites for hydroxylation is 1. The van der Waals surface area contributed by atoms with Gasteiger partial charge < -0.3 is 19.9 Å². The van der Waals surface area contributed by atoms with Crippen molar-refractivity contribution in [2.45, 2.75) is 46.1 Å². The molecule has 9 heteroatoms. The molecule has 0 spiro atoms. The summed E-state index contributed by atoms with van der Waals surface area (Å²) in [5, 5.41) is 29.2. The van der Waals surface area contributed by atoms with Crippen LogP contribution in [0.2, 0.25) is 5.02 Å². The number of hydrogen-bond acceptors (Lipinski definition) is 5. The molecule has 2 aromatic heterocycles. The predicted octanol–water partition coefficient (Wildman–Crippen LogP) is 3.98. The topological polar surface area (TPSA) is 113 Å². The van der Waals surface area contributed by atoms with Crippen LogP contribution in [0, 0.1) is 11.2 Å². The Balaban J connectivity index is 2.35. The number of aliphatic hydroxyl groups is 2. The van der Waals surface area contributed by atoms with Crippen LogP contribution in [-0.4, -0.2) is 44.1 Å². The number of rotatable bonds is 8. The van der Waals surface area contributed by atoms with E-state index in [9.17, 15) is 29.3 Å². The molecule has 0 unspecified atom stereocenters. The highest BCUT2D eigenvalue weighted by Crippen LogP contribution is 2.33. The average Bonchev–Trinajstić information content (AvgIpc) is 2.76. The van der Waals surface area contributed by atoms with Crippen molar-refractivity contribution >= 4 is 28.6 Å². The van der Waals surface area contributed by atoms with E-state index in [1.807, 2.05) is 20.8 Å². The van der Waals surface area contributed by atoms with Gasteiger partial charge in [0.2, 0.25) is 5.43 Å². The van der Waals surface area contributed by atoms with Crippen LogP contribution in [0.5, 0.6) is 0 Å². The van der Waals surface area contributed by atoms with Crippen LogP contribution in [0.4, 0.5) is 4.39 Å². The molecule has 0 aliphatic rings. The van der Waals surface area contributed by atoms with Crippen LogP contribution in [-0.2, 0) is 12.8 Å². The van der Waals surface area contributed by atoms with Crippen molar-refractivity contribution in [3.63, 3.8) is 0 Å². The molecule has 0 saturated carbocycles.